The van der Waals surface area contributed by atoms with E-state index >= 15 is 0 Å². The molecule has 4 heteroatoms. The van der Waals surface area contributed by atoms with Crippen LogP contribution in [0, 0.1) is 0 Å². The maximum Gasteiger partial charge on any atom is 0.170 e. The number of Topliss-reactive ketones (excluding diaryl/α,β-unsaturated/α-hetero) is 1. The van der Waals surface area contributed by atoms with E-state index in [0.717, 1.165) is 12.1 Å². The van der Waals surface area contributed by atoms with E-state index in [9.17, 15) is 9.90 Å². The van der Waals surface area contributed by atoms with E-state index in [1.807, 2.05) is 0 Å². The molecule has 2 aliphatic rings. The molecule has 116 valence electrons. The summed E-state index contributed by atoms with van der Waals surface area (Å²) in [5.41, 5.74) is 2.80. The van der Waals surface area contributed by atoms with Crippen LogP contribution < -0.4 is 5.32 Å². The number of aliphatic hydroxyl groups excluding tert-OH is 1. The molecular weight excluding hydrogens is 276 g/mol. The average Bonchev–Trinajstić information content (AvgIpc) is 3.00. The summed E-state index contributed by atoms with van der Waals surface area (Å²) in [4.78, 5) is 16.7. The number of amidine groups is 1. The number of nitrogens with zero attached hydrogens (tertiary/aromatic N) is 1. The Bertz CT molecular complexity index is 642. The van der Waals surface area contributed by atoms with Crippen LogP contribution in [0.1, 0.15) is 49.7 Å². The molecule has 0 saturated carbocycles. The van der Waals surface area contributed by atoms with Crippen LogP contribution in [-0.2, 0) is 4.79 Å². The quantitative estimate of drug-likeness (QED) is 0.901. The van der Waals surface area contributed by atoms with Crippen molar-refractivity contribution in [1.29, 1.82) is 0 Å². The number of nitrogens with one attached hydrogen (secondary N) is 1. The van der Waals surface area contributed by atoms with Crippen molar-refractivity contribution < 1.29 is 9.90 Å². The zero-order chi connectivity index (χ0) is 15.7. The van der Waals surface area contributed by atoms with Crippen molar-refractivity contribution in [3.8, 4) is 0 Å². The van der Waals surface area contributed by atoms with Crippen LogP contribution in [0.5, 0.6) is 0 Å². The molecule has 0 aromatic heterocycles. The van der Waals surface area contributed by atoms with Crippen LogP contribution >= 0.6 is 0 Å². The summed E-state index contributed by atoms with van der Waals surface area (Å²) in [6.45, 7) is 5.73. The van der Waals surface area contributed by atoms with E-state index in [1.54, 1.807) is 0 Å². The van der Waals surface area contributed by atoms with E-state index in [0.29, 0.717) is 36.7 Å². The van der Waals surface area contributed by atoms with E-state index in [4.69, 9.17) is 0 Å². The van der Waals surface area contributed by atoms with Crippen molar-refractivity contribution in [3.63, 3.8) is 0 Å². The number of hydrogen-bond donors (Lipinski definition) is 2. The molecule has 4 nitrogen and oxygen atoms in total. The second-order valence-electron chi connectivity index (χ2n) is 6.33. The van der Waals surface area contributed by atoms with Gasteiger partial charge in [0.1, 0.15) is 11.6 Å². The first-order chi connectivity index (χ1) is 10.6. The van der Waals surface area contributed by atoms with Gasteiger partial charge < -0.3 is 10.4 Å². The Balaban J connectivity index is 1.82. The second kappa shape index (κ2) is 5.95. The normalized spacial score (nSPS) is 22.0. The number of carbonyl (C=O) groups is 1. The lowest BCUT2D eigenvalue weighted by Crippen LogP contribution is -2.30. The molecule has 1 aliphatic carbocycles. The Morgan fingerprint density at radius 2 is 1.95 bits per heavy atom. The van der Waals surface area contributed by atoms with Crippen molar-refractivity contribution in [2.45, 2.75) is 38.5 Å². The first-order valence-electron chi connectivity index (χ1n) is 7.90. The molecule has 1 aromatic rings. The number of allylic oxidation sites excluding steroid dienone is 1. The van der Waals surface area contributed by atoms with Gasteiger partial charge in [-0.15, -0.1) is 0 Å². The fourth-order valence-corrected chi connectivity index (χ4v) is 3.12. The monoisotopic (exact) mass is 298 g/mol. The van der Waals surface area contributed by atoms with Crippen molar-refractivity contribution in [3.05, 3.63) is 46.7 Å². The van der Waals surface area contributed by atoms with E-state index in [2.05, 4.69) is 48.4 Å². The minimum atomic E-state index is -0.0187. The maximum absolute atomic E-state index is 12.4. The highest BCUT2D eigenvalue weighted by molar-refractivity contribution is 6.22. The van der Waals surface area contributed by atoms with Gasteiger partial charge in [-0.05, 0) is 23.0 Å². The zero-order valence-corrected chi connectivity index (χ0v) is 13.1. The largest absolute Gasteiger partial charge is 0.511 e. The Hall–Kier alpha value is -2.10. The van der Waals surface area contributed by atoms with Crippen molar-refractivity contribution in [1.82, 2.24) is 5.32 Å². The molecule has 1 atom stereocenters. The number of aliphatic imine (C=N–C) groups is 1. The van der Waals surface area contributed by atoms with E-state index in [-0.39, 0.29) is 17.5 Å². The third-order valence-corrected chi connectivity index (χ3v) is 4.42. The predicted octanol–water partition coefficient (Wildman–Crippen LogP) is 3.07. The molecule has 0 fully saturated rings. The first kappa shape index (κ1) is 14.8. The Morgan fingerprint density at radius 1 is 1.23 bits per heavy atom. The highest BCUT2D eigenvalue weighted by Gasteiger charge is 2.32. The minimum absolute atomic E-state index is 0.0187. The number of aliphatic hydroxyl groups is 1. The Morgan fingerprint density at radius 3 is 2.50 bits per heavy atom. The minimum Gasteiger partial charge on any atom is -0.511 e. The summed E-state index contributed by atoms with van der Waals surface area (Å²) < 4.78 is 0. The fraction of sp³-hybridized carbons (Fsp3) is 0.444. The SMILES string of the molecule is CC(C)c1ccc(C2CC(=O)C(C3=NCCN3)=C(O)C2)cc1. The van der Waals surface area contributed by atoms with Gasteiger partial charge in [-0.1, -0.05) is 38.1 Å². The number of carbonyl (C=O) groups excluding carboxylic acids is 1. The van der Waals surface area contributed by atoms with Gasteiger partial charge in [0, 0.05) is 19.4 Å². The maximum atomic E-state index is 12.4. The van der Waals surface area contributed by atoms with Gasteiger partial charge in [-0.2, -0.15) is 0 Å². The molecule has 1 unspecified atom stereocenters. The Labute approximate surface area is 131 Å². The second-order valence-corrected chi connectivity index (χ2v) is 6.33. The number of benzene rings is 1. The molecule has 0 radical (unpaired) electrons. The van der Waals surface area contributed by atoms with Gasteiger partial charge in [-0.3, -0.25) is 9.79 Å². The standard InChI is InChI=1S/C18H22N2O2/c1-11(2)12-3-5-13(6-4-12)14-9-15(21)17(16(22)10-14)18-19-7-8-20-18/h3-6,11,14,21H,7-10H2,1-2H3,(H,19,20). The fourth-order valence-electron chi connectivity index (χ4n) is 3.12. The molecule has 0 amide bonds. The van der Waals surface area contributed by atoms with Crippen LogP contribution in [0.4, 0.5) is 0 Å². The third-order valence-electron chi connectivity index (χ3n) is 4.42. The van der Waals surface area contributed by atoms with Crippen LogP contribution in [-0.4, -0.2) is 29.8 Å². The van der Waals surface area contributed by atoms with Crippen LogP contribution in [0.15, 0.2) is 40.6 Å². The summed E-state index contributed by atoms with van der Waals surface area (Å²) >= 11 is 0. The Kier molecular flexibility index (Phi) is 4.01. The smallest absolute Gasteiger partial charge is 0.170 e. The van der Waals surface area contributed by atoms with E-state index in [1.165, 1.54) is 5.56 Å². The lowest BCUT2D eigenvalue weighted by molar-refractivity contribution is -0.116. The van der Waals surface area contributed by atoms with Crippen molar-refractivity contribution in [2.75, 3.05) is 13.1 Å². The topological polar surface area (TPSA) is 61.7 Å². The number of hydrogen-bond acceptors (Lipinski definition) is 4. The highest BCUT2D eigenvalue weighted by Crippen LogP contribution is 2.34. The number of ketones is 1. The lowest BCUT2D eigenvalue weighted by Gasteiger charge is -2.24. The predicted molar refractivity (Wildman–Crippen MR) is 87.5 cm³/mol. The molecule has 1 aliphatic heterocycles. The summed E-state index contributed by atoms with van der Waals surface area (Å²) in [7, 11) is 0. The molecule has 0 saturated heterocycles. The van der Waals surface area contributed by atoms with Crippen LogP contribution in [0.25, 0.3) is 0 Å². The van der Waals surface area contributed by atoms with Crippen molar-refractivity contribution >= 4 is 11.6 Å². The van der Waals surface area contributed by atoms with Crippen LogP contribution in [0.3, 0.4) is 0 Å². The summed E-state index contributed by atoms with van der Waals surface area (Å²) in [5.74, 6) is 1.26. The average molecular weight is 298 g/mol. The molecule has 1 heterocycles. The zero-order valence-electron chi connectivity index (χ0n) is 13.1. The van der Waals surface area contributed by atoms with Crippen molar-refractivity contribution in [2.24, 2.45) is 4.99 Å². The highest BCUT2D eigenvalue weighted by atomic mass is 16.3. The van der Waals surface area contributed by atoms with Gasteiger partial charge in [0.05, 0.1) is 12.1 Å². The van der Waals surface area contributed by atoms with Gasteiger partial charge in [-0.25, -0.2) is 0 Å². The summed E-state index contributed by atoms with van der Waals surface area (Å²) in [5, 5.41) is 13.4. The molecule has 1 aromatic carbocycles. The van der Waals surface area contributed by atoms with Crippen LogP contribution in [0.2, 0.25) is 0 Å². The molecule has 22 heavy (non-hydrogen) atoms. The number of rotatable bonds is 3. The van der Waals surface area contributed by atoms with Gasteiger partial charge in [0.15, 0.2) is 5.78 Å². The summed E-state index contributed by atoms with van der Waals surface area (Å²) in [6, 6.07) is 8.39. The van der Waals surface area contributed by atoms with Gasteiger partial charge >= 0.3 is 0 Å². The molecule has 3 rings (SSSR count). The molecule has 2 N–H and O–H groups in total. The molecular formula is C18H22N2O2. The first-order valence-corrected chi connectivity index (χ1v) is 7.90. The lowest BCUT2D eigenvalue weighted by atomic mass is 9.82. The third kappa shape index (κ3) is 2.78. The van der Waals surface area contributed by atoms with Gasteiger partial charge in [0.2, 0.25) is 0 Å². The summed E-state index contributed by atoms with van der Waals surface area (Å²) in [6.07, 6.45) is 0.934. The van der Waals surface area contributed by atoms with Gasteiger partial charge in [0.25, 0.3) is 0 Å². The molecule has 0 spiro atoms. The van der Waals surface area contributed by atoms with E-state index < -0.39 is 0 Å². The molecule has 0 bridgehead atoms.